The van der Waals surface area contributed by atoms with Crippen molar-refractivity contribution in [2.24, 2.45) is 5.73 Å². The van der Waals surface area contributed by atoms with Crippen LogP contribution in [0.4, 0.5) is 0 Å². The molecule has 2 aromatic rings. The van der Waals surface area contributed by atoms with Crippen LogP contribution in [-0.4, -0.2) is 17.3 Å². The van der Waals surface area contributed by atoms with Crippen LogP contribution in [0.25, 0.3) is 0 Å². The molecule has 1 fully saturated rings. The third-order valence-electron chi connectivity index (χ3n) is 3.67. The molecule has 1 saturated carbocycles. The topological polar surface area (TPSA) is 74.2 Å². The van der Waals surface area contributed by atoms with Gasteiger partial charge in [-0.1, -0.05) is 17.3 Å². The summed E-state index contributed by atoms with van der Waals surface area (Å²) in [6, 6.07) is 7.82. The molecule has 0 spiro atoms. The first-order valence-electron chi connectivity index (χ1n) is 6.44. The van der Waals surface area contributed by atoms with Gasteiger partial charge in [-0.2, -0.15) is 4.98 Å². The molecule has 100 valence electrons. The van der Waals surface area contributed by atoms with E-state index in [1.54, 1.807) is 7.11 Å². The maximum Gasteiger partial charge on any atom is 0.231 e. The van der Waals surface area contributed by atoms with Gasteiger partial charge < -0.3 is 15.0 Å². The third-order valence-corrected chi connectivity index (χ3v) is 3.67. The maximum absolute atomic E-state index is 6.17. The van der Waals surface area contributed by atoms with E-state index < -0.39 is 0 Å². The highest BCUT2D eigenvalue weighted by atomic mass is 16.5. The van der Waals surface area contributed by atoms with Crippen LogP contribution >= 0.6 is 0 Å². The first-order valence-corrected chi connectivity index (χ1v) is 6.44. The number of benzene rings is 1. The van der Waals surface area contributed by atoms with E-state index in [2.05, 4.69) is 10.1 Å². The highest BCUT2D eigenvalue weighted by Gasteiger charge is 2.38. The van der Waals surface area contributed by atoms with Gasteiger partial charge in [-0.05, 0) is 37.0 Å². The minimum atomic E-state index is -0.359. The Labute approximate surface area is 111 Å². The normalized spacial score (nSPS) is 16.9. The summed E-state index contributed by atoms with van der Waals surface area (Å²) in [4.78, 5) is 4.41. The number of nitrogens with zero attached hydrogens (tertiary/aromatic N) is 2. The van der Waals surface area contributed by atoms with Crippen LogP contribution in [0.1, 0.15) is 36.5 Å². The Morgan fingerprint density at radius 2 is 2.05 bits per heavy atom. The van der Waals surface area contributed by atoms with E-state index in [4.69, 9.17) is 15.0 Å². The average Bonchev–Trinajstić information content (AvgIpc) is 2.86. The number of nitrogens with two attached hydrogens (primary N) is 1. The molecule has 0 bridgehead atoms. The van der Waals surface area contributed by atoms with Crippen LogP contribution < -0.4 is 10.5 Å². The molecule has 1 aromatic heterocycles. The predicted molar refractivity (Wildman–Crippen MR) is 69.8 cm³/mol. The standard InChI is InChI=1S/C14H17N3O2/c1-18-11-5-3-10(4-6-11)9-12-16-13(17-19-12)14(15)7-2-8-14/h3-6H,2,7-9,15H2,1H3. The van der Waals surface area contributed by atoms with Gasteiger partial charge in [0.2, 0.25) is 5.89 Å². The molecule has 1 heterocycles. The van der Waals surface area contributed by atoms with Crippen molar-refractivity contribution in [2.45, 2.75) is 31.2 Å². The third kappa shape index (κ3) is 2.33. The predicted octanol–water partition coefficient (Wildman–Crippen LogP) is 2.01. The van der Waals surface area contributed by atoms with Gasteiger partial charge in [0.25, 0.3) is 0 Å². The summed E-state index contributed by atoms with van der Waals surface area (Å²) in [6.45, 7) is 0. The van der Waals surface area contributed by atoms with Crippen molar-refractivity contribution in [1.82, 2.24) is 10.1 Å². The Kier molecular flexibility index (Phi) is 2.98. The Morgan fingerprint density at radius 1 is 1.32 bits per heavy atom. The lowest BCUT2D eigenvalue weighted by Gasteiger charge is -2.34. The molecule has 3 rings (SSSR count). The van der Waals surface area contributed by atoms with E-state index in [9.17, 15) is 0 Å². The largest absolute Gasteiger partial charge is 0.497 e. The fraction of sp³-hybridized carbons (Fsp3) is 0.429. The highest BCUT2D eigenvalue weighted by molar-refractivity contribution is 5.28. The first-order chi connectivity index (χ1) is 9.19. The maximum atomic E-state index is 6.17. The number of aromatic nitrogens is 2. The Morgan fingerprint density at radius 3 is 2.63 bits per heavy atom. The molecule has 0 saturated heterocycles. The lowest BCUT2D eigenvalue weighted by Crippen LogP contribution is -2.44. The van der Waals surface area contributed by atoms with Crippen molar-refractivity contribution in [2.75, 3.05) is 7.11 Å². The molecule has 0 atom stereocenters. The van der Waals surface area contributed by atoms with Crippen LogP contribution in [0.3, 0.4) is 0 Å². The van der Waals surface area contributed by atoms with Gasteiger partial charge in [0.15, 0.2) is 5.82 Å². The quantitative estimate of drug-likeness (QED) is 0.909. The van der Waals surface area contributed by atoms with Gasteiger partial charge >= 0.3 is 0 Å². The van der Waals surface area contributed by atoms with E-state index in [0.717, 1.165) is 30.6 Å². The van der Waals surface area contributed by atoms with Gasteiger partial charge in [-0.25, -0.2) is 0 Å². The molecule has 19 heavy (non-hydrogen) atoms. The number of rotatable bonds is 4. The number of methoxy groups -OCH3 is 1. The van der Waals surface area contributed by atoms with Crippen molar-refractivity contribution in [3.8, 4) is 5.75 Å². The van der Waals surface area contributed by atoms with Gasteiger partial charge in [0, 0.05) is 0 Å². The summed E-state index contributed by atoms with van der Waals surface area (Å²) in [6.07, 6.45) is 3.63. The van der Waals surface area contributed by atoms with Gasteiger partial charge in [0.1, 0.15) is 5.75 Å². The second-order valence-corrected chi connectivity index (χ2v) is 5.05. The van der Waals surface area contributed by atoms with Crippen LogP contribution in [-0.2, 0) is 12.0 Å². The molecular weight excluding hydrogens is 242 g/mol. The fourth-order valence-electron chi connectivity index (χ4n) is 2.23. The van der Waals surface area contributed by atoms with Gasteiger partial charge in [-0.3, -0.25) is 0 Å². The van der Waals surface area contributed by atoms with Crippen molar-refractivity contribution >= 4 is 0 Å². The molecule has 0 unspecified atom stereocenters. The number of ether oxygens (including phenoxy) is 1. The van der Waals surface area contributed by atoms with Crippen molar-refractivity contribution in [3.63, 3.8) is 0 Å². The Hall–Kier alpha value is -1.88. The fourth-order valence-corrected chi connectivity index (χ4v) is 2.23. The monoisotopic (exact) mass is 259 g/mol. The van der Waals surface area contributed by atoms with E-state index >= 15 is 0 Å². The minimum absolute atomic E-state index is 0.359. The van der Waals surface area contributed by atoms with E-state index in [-0.39, 0.29) is 5.54 Å². The second kappa shape index (κ2) is 4.66. The number of hydrogen-bond acceptors (Lipinski definition) is 5. The summed E-state index contributed by atoms with van der Waals surface area (Å²) in [5.74, 6) is 2.09. The minimum Gasteiger partial charge on any atom is -0.497 e. The summed E-state index contributed by atoms with van der Waals surface area (Å²) in [7, 11) is 1.65. The van der Waals surface area contributed by atoms with Crippen molar-refractivity contribution in [1.29, 1.82) is 0 Å². The van der Waals surface area contributed by atoms with Crippen molar-refractivity contribution < 1.29 is 9.26 Å². The highest BCUT2D eigenvalue weighted by Crippen LogP contribution is 2.36. The first kappa shape index (κ1) is 12.2. The SMILES string of the molecule is COc1ccc(Cc2nc(C3(N)CCC3)no2)cc1. The zero-order valence-electron chi connectivity index (χ0n) is 10.9. The van der Waals surface area contributed by atoms with Crippen LogP contribution in [0.5, 0.6) is 5.75 Å². The summed E-state index contributed by atoms with van der Waals surface area (Å²) in [5.41, 5.74) is 6.91. The Bertz CT molecular complexity index is 558. The van der Waals surface area contributed by atoms with E-state index in [1.165, 1.54) is 0 Å². The van der Waals surface area contributed by atoms with Crippen LogP contribution in [0, 0.1) is 0 Å². The number of hydrogen-bond donors (Lipinski definition) is 1. The van der Waals surface area contributed by atoms with E-state index in [1.807, 2.05) is 24.3 Å². The molecule has 0 aliphatic heterocycles. The van der Waals surface area contributed by atoms with Gasteiger partial charge in [0.05, 0.1) is 19.1 Å². The summed E-state index contributed by atoms with van der Waals surface area (Å²) < 4.78 is 10.4. The molecule has 2 N–H and O–H groups in total. The summed E-state index contributed by atoms with van der Waals surface area (Å²) in [5, 5.41) is 4.00. The second-order valence-electron chi connectivity index (χ2n) is 5.05. The molecular formula is C14H17N3O2. The van der Waals surface area contributed by atoms with Gasteiger partial charge in [-0.15, -0.1) is 0 Å². The van der Waals surface area contributed by atoms with Crippen LogP contribution in [0.2, 0.25) is 0 Å². The lowest BCUT2D eigenvalue weighted by atomic mass is 9.77. The molecule has 1 aliphatic carbocycles. The zero-order valence-corrected chi connectivity index (χ0v) is 10.9. The molecule has 5 nitrogen and oxygen atoms in total. The molecule has 5 heteroatoms. The molecule has 0 radical (unpaired) electrons. The summed E-state index contributed by atoms with van der Waals surface area (Å²) >= 11 is 0. The van der Waals surface area contributed by atoms with Crippen LogP contribution in [0.15, 0.2) is 28.8 Å². The Balaban J connectivity index is 1.72. The zero-order chi connectivity index (χ0) is 13.3. The lowest BCUT2D eigenvalue weighted by molar-refractivity contribution is 0.229. The van der Waals surface area contributed by atoms with E-state index in [0.29, 0.717) is 18.1 Å². The van der Waals surface area contributed by atoms with Crippen molar-refractivity contribution in [3.05, 3.63) is 41.5 Å². The molecule has 1 aromatic carbocycles. The molecule has 0 amide bonds. The average molecular weight is 259 g/mol. The smallest absolute Gasteiger partial charge is 0.231 e. The molecule has 1 aliphatic rings.